The van der Waals surface area contributed by atoms with Crippen LogP contribution in [0.4, 0.5) is 0 Å². The number of benzene rings is 3. The number of ether oxygens (including phenoxy) is 1. The summed E-state index contributed by atoms with van der Waals surface area (Å²) in [5.74, 6) is 0.218. The van der Waals surface area contributed by atoms with Gasteiger partial charge in [-0.15, -0.1) is 0 Å². The van der Waals surface area contributed by atoms with Crippen molar-refractivity contribution in [3.8, 4) is 0 Å². The molecule has 0 aliphatic heterocycles. The van der Waals surface area contributed by atoms with E-state index >= 15 is 0 Å². The standard InChI is InChI=1S/C24H22O2/c1-19-17-23(19,18-25)26-24(20-11-5-2-6-12-20,21-13-7-3-8-14-21)22-15-9-4-10-16-22/h2-16,18-19H,17H2,1H3. The Labute approximate surface area is 154 Å². The minimum absolute atomic E-state index is 0.218. The highest BCUT2D eigenvalue weighted by Crippen LogP contribution is 2.53. The molecule has 4 rings (SSSR count). The third-order valence-electron chi connectivity index (χ3n) is 5.38. The van der Waals surface area contributed by atoms with Crippen LogP contribution in [0.15, 0.2) is 91.0 Å². The SMILES string of the molecule is CC1CC1(C=O)OC(c1ccccc1)(c1ccccc1)c1ccccc1. The molecule has 0 N–H and O–H groups in total. The van der Waals surface area contributed by atoms with Gasteiger partial charge in [0.1, 0.15) is 11.2 Å². The van der Waals surface area contributed by atoms with Gasteiger partial charge in [0.2, 0.25) is 0 Å². The first-order valence-corrected chi connectivity index (χ1v) is 9.04. The second kappa shape index (κ2) is 6.54. The molecule has 3 aromatic carbocycles. The lowest BCUT2D eigenvalue weighted by atomic mass is 9.79. The molecule has 2 unspecified atom stereocenters. The van der Waals surface area contributed by atoms with E-state index < -0.39 is 11.2 Å². The van der Waals surface area contributed by atoms with Gasteiger partial charge >= 0.3 is 0 Å². The van der Waals surface area contributed by atoms with Crippen LogP contribution in [0, 0.1) is 5.92 Å². The Hall–Kier alpha value is -2.71. The van der Waals surface area contributed by atoms with Crippen LogP contribution in [-0.2, 0) is 15.1 Å². The number of carbonyl (C=O) groups is 1. The van der Waals surface area contributed by atoms with Crippen LogP contribution in [0.3, 0.4) is 0 Å². The van der Waals surface area contributed by atoms with E-state index in [4.69, 9.17) is 4.74 Å². The average molecular weight is 342 g/mol. The number of hydrogen-bond acceptors (Lipinski definition) is 2. The van der Waals surface area contributed by atoms with Crippen molar-refractivity contribution in [1.82, 2.24) is 0 Å². The first-order valence-electron chi connectivity index (χ1n) is 9.04. The molecule has 2 atom stereocenters. The second-order valence-corrected chi connectivity index (χ2v) is 7.06. The summed E-state index contributed by atoms with van der Waals surface area (Å²) >= 11 is 0. The summed E-state index contributed by atoms with van der Waals surface area (Å²) in [7, 11) is 0. The molecule has 1 saturated carbocycles. The molecule has 1 aliphatic carbocycles. The molecule has 0 spiro atoms. The molecule has 1 fully saturated rings. The van der Waals surface area contributed by atoms with Crippen molar-refractivity contribution in [2.45, 2.75) is 24.5 Å². The Morgan fingerprint density at radius 3 is 1.42 bits per heavy atom. The van der Waals surface area contributed by atoms with Crippen molar-refractivity contribution in [2.75, 3.05) is 0 Å². The van der Waals surface area contributed by atoms with Crippen molar-refractivity contribution in [3.05, 3.63) is 108 Å². The van der Waals surface area contributed by atoms with Gasteiger partial charge in [-0.3, -0.25) is 0 Å². The van der Waals surface area contributed by atoms with Gasteiger partial charge in [0.25, 0.3) is 0 Å². The van der Waals surface area contributed by atoms with Crippen LogP contribution >= 0.6 is 0 Å². The molecule has 0 radical (unpaired) electrons. The lowest BCUT2D eigenvalue weighted by Gasteiger charge is -2.38. The predicted molar refractivity (Wildman–Crippen MR) is 103 cm³/mol. The number of aldehydes is 1. The van der Waals surface area contributed by atoms with Gasteiger partial charge in [0, 0.05) is 0 Å². The van der Waals surface area contributed by atoms with Gasteiger partial charge in [0.15, 0.2) is 6.29 Å². The molecule has 130 valence electrons. The van der Waals surface area contributed by atoms with E-state index in [2.05, 4.69) is 43.3 Å². The molecule has 2 nitrogen and oxygen atoms in total. The van der Waals surface area contributed by atoms with Crippen LogP contribution in [0.5, 0.6) is 0 Å². The second-order valence-electron chi connectivity index (χ2n) is 7.06. The molecular formula is C24H22O2. The molecule has 0 amide bonds. The molecule has 2 heteroatoms. The van der Waals surface area contributed by atoms with E-state index in [0.717, 1.165) is 29.4 Å². The summed E-state index contributed by atoms with van der Waals surface area (Å²) in [6, 6.07) is 30.6. The van der Waals surface area contributed by atoms with Crippen molar-refractivity contribution < 1.29 is 9.53 Å². The molecule has 0 bridgehead atoms. The molecule has 0 heterocycles. The molecule has 1 aliphatic rings. The summed E-state index contributed by atoms with van der Waals surface area (Å²) in [6.45, 7) is 2.07. The average Bonchev–Trinajstić information content (AvgIpc) is 3.37. The van der Waals surface area contributed by atoms with Crippen molar-refractivity contribution >= 4 is 6.29 Å². The summed E-state index contributed by atoms with van der Waals surface area (Å²) < 4.78 is 6.79. The highest BCUT2D eigenvalue weighted by molar-refractivity contribution is 5.69. The molecular weight excluding hydrogens is 320 g/mol. The van der Waals surface area contributed by atoms with E-state index in [1.807, 2.05) is 54.6 Å². The normalized spacial score (nSPS) is 22.0. The lowest BCUT2D eigenvalue weighted by molar-refractivity contribution is -0.132. The maximum Gasteiger partial charge on any atom is 0.152 e. The third kappa shape index (κ3) is 2.67. The fraction of sp³-hybridized carbons (Fsp3) is 0.208. The van der Waals surface area contributed by atoms with Gasteiger partial charge in [-0.1, -0.05) is 97.9 Å². The Balaban J connectivity index is 1.99. The third-order valence-corrected chi connectivity index (χ3v) is 5.38. The highest BCUT2D eigenvalue weighted by Gasteiger charge is 2.58. The molecule has 0 aromatic heterocycles. The smallest absolute Gasteiger partial charge is 0.152 e. The zero-order chi connectivity index (χ0) is 18.0. The van der Waals surface area contributed by atoms with Gasteiger partial charge in [-0.25, -0.2) is 0 Å². The van der Waals surface area contributed by atoms with E-state index in [-0.39, 0.29) is 5.92 Å². The molecule has 0 saturated heterocycles. The fourth-order valence-electron chi connectivity index (χ4n) is 3.73. The van der Waals surface area contributed by atoms with Crippen molar-refractivity contribution in [2.24, 2.45) is 5.92 Å². The van der Waals surface area contributed by atoms with E-state index in [9.17, 15) is 4.79 Å². The number of rotatable bonds is 6. The zero-order valence-corrected chi connectivity index (χ0v) is 14.8. The summed E-state index contributed by atoms with van der Waals surface area (Å²) in [5.41, 5.74) is 1.52. The Kier molecular flexibility index (Phi) is 4.21. The Bertz CT molecular complexity index is 777. The topological polar surface area (TPSA) is 26.3 Å². The Morgan fingerprint density at radius 2 is 1.15 bits per heavy atom. The Morgan fingerprint density at radius 1 is 0.808 bits per heavy atom. The van der Waals surface area contributed by atoms with E-state index in [1.54, 1.807) is 0 Å². The zero-order valence-electron chi connectivity index (χ0n) is 14.8. The maximum absolute atomic E-state index is 11.9. The van der Waals surface area contributed by atoms with Gasteiger partial charge in [0.05, 0.1) is 0 Å². The predicted octanol–water partition coefficient (Wildman–Crippen LogP) is 4.97. The van der Waals surface area contributed by atoms with Crippen molar-refractivity contribution in [3.63, 3.8) is 0 Å². The highest BCUT2D eigenvalue weighted by atomic mass is 16.5. The summed E-state index contributed by atoms with van der Waals surface area (Å²) in [4.78, 5) is 11.9. The van der Waals surface area contributed by atoms with Crippen LogP contribution in [-0.4, -0.2) is 11.9 Å². The minimum atomic E-state index is -0.824. The minimum Gasteiger partial charge on any atom is -0.347 e. The van der Waals surface area contributed by atoms with Crippen LogP contribution < -0.4 is 0 Å². The quantitative estimate of drug-likeness (QED) is 0.467. The van der Waals surface area contributed by atoms with Crippen LogP contribution in [0.1, 0.15) is 30.0 Å². The maximum atomic E-state index is 11.9. The van der Waals surface area contributed by atoms with Gasteiger partial charge in [-0.2, -0.15) is 0 Å². The molecule has 3 aromatic rings. The summed E-state index contributed by atoms with van der Waals surface area (Å²) in [5, 5.41) is 0. The summed E-state index contributed by atoms with van der Waals surface area (Å²) in [6.07, 6.45) is 1.74. The number of carbonyl (C=O) groups excluding carboxylic acids is 1. The fourth-order valence-corrected chi connectivity index (χ4v) is 3.73. The van der Waals surface area contributed by atoms with Gasteiger partial charge < -0.3 is 9.53 Å². The van der Waals surface area contributed by atoms with E-state index in [0.29, 0.717) is 0 Å². The first-order chi connectivity index (χ1) is 12.7. The van der Waals surface area contributed by atoms with Crippen molar-refractivity contribution in [1.29, 1.82) is 0 Å². The largest absolute Gasteiger partial charge is 0.347 e. The van der Waals surface area contributed by atoms with E-state index in [1.165, 1.54) is 0 Å². The van der Waals surface area contributed by atoms with Crippen LogP contribution in [0.25, 0.3) is 0 Å². The molecule has 26 heavy (non-hydrogen) atoms. The first kappa shape index (κ1) is 16.7. The van der Waals surface area contributed by atoms with Gasteiger partial charge in [-0.05, 0) is 29.0 Å². The number of hydrogen-bond donors (Lipinski definition) is 0. The lowest BCUT2D eigenvalue weighted by Crippen LogP contribution is -2.39. The monoisotopic (exact) mass is 342 g/mol. The van der Waals surface area contributed by atoms with Crippen LogP contribution in [0.2, 0.25) is 0 Å².